The number of aromatic nitrogens is 3. The Morgan fingerprint density at radius 2 is 0.766 bits per heavy atom. The number of hydrogen-bond acceptors (Lipinski definition) is 9. The first-order valence-corrected chi connectivity index (χ1v) is 24.6. The Morgan fingerprint density at radius 3 is 1.20 bits per heavy atom. The second-order valence-electron chi connectivity index (χ2n) is 14.8. The number of hydrogen-bond donors (Lipinski definition) is 7. The Bertz CT molecular complexity index is 3730. The molecule has 20 heteroatoms. The van der Waals surface area contributed by atoms with E-state index < -0.39 is 46.4 Å². The first-order valence-electron chi connectivity index (χ1n) is 18.9. The van der Waals surface area contributed by atoms with Gasteiger partial charge in [0.15, 0.2) is 0 Å². The number of fused-ring (bicyclic) bond motifs is 7. The fraction of sp³-hybridized carbons (Fsp3) is 0.0227. The maximum atomic E-state index is 12.0. The Labute approximate surface area is 365 Å². The lowest BCUT2D eigenvalue weighted by Crippen LogP contribution is -2.18. The molecule has 324 valence electrons. The molecular formula is C44H32N4O12S4. The van der Waals surface area contributed by atoms with E-state index in [4.69, 9.17) is 4.99 Å². The van der Waals surface area contributed by atoms with Gasteiger partial charge in [-0.2, -0.15) is 33.7 Å². The molecule has 0 saturated carbocycles. The van der Waals surface area contributed by atoms with Crippen LogP contribution in [0.4, 0.5) is 0 Å². The van der Waals surface area contributed by atoms with Gasteiger partial charge in [0.25, 0.3) is 40.5 Å². The number of rotatable bonds is 8. The van der Waals surface area contributed by atoms with Gasteiger partial charge in [0.05, 0.1) is 36.9 Å². The molecule has 0 fully saturated rings. The zero-order chi connectivity index (χ0) is 45.3. The summed E-state index contributed by atoms with van der Waals surface area (Å²) in [7, 11) is -18.1. The number of benzene rings is 4. The van der Waals surface area contributed by atoms with Crippen molar-refractivity contribution in [3.63, 3.8) is 0 Å². The fourth-order valence-corrected chi connectivity index (χ4v) is 9.77. The van der Waals surface area contributed by atoms with Crippen LogP contribution < -0.4 is 10.7 Å². The highest BCUT2D eigenvalue weighted by molar-refractivity contribution is 7.86. The van der Waals surface area contributed by atoms with Crippen LogP contribution in [0.5, 0.6) is 0 Å². The fourth-order valence-electron chi connectivity index (χ4n) is 7.85. The van der Waals surface area contributed by atoms with Gasteiger partial charge in [0, 0.05) is 50.2 Å². The number of H-pyrrole nitrogens is 3. The van der Waals surface area contributed by atoms with Gasteiger partial charge in [-0.1, -0.05) is 48.5 Å². The largest absolute Gasteiger partial charge is 0.357 e. The summed E-state index contributed by atoms with van der Waals surface area (Å²) in [6.45, 7) is 0. The molecule has 2 aliphatic heterocycles. The van der Waals surface area contributed by atoms with Crippen molar-refractivity contribution in [2.75, 3.05) is 0 Å². The van der Waals surface area contributed by atoms with Crippen LogP contribution in [-0.4, -0.2) is 72.5 Å². The molecular weight excluding hydrogens is 905 g/mol. The van der Waals surface area contributed by atoms with E-state index in [0.717, 1.165) is 0 Å². The van der Waals surface area contributed by atoms with Gasteiger partial charge in [-0.05, 0) is 119 Å². The quantitative estimate of drug-likeness (QED) is 0.0985. The summed E-state index contributed by atoms with van der Waals surface area (Å²) in [6.07, 6.45) is 3.53. The smallest absolute Gasteiger partial charge is 0.294 e. The minimum absolute atomic E-state index is 0.323. The van der Waals surface area contributed by atoms with Crippen molar-refractivity contribution < 1.29 is 51.9 Å². The van der Waals surface area contributed by atoms with Crippen molar-refractivity contribution in [3.05, 3.63) is 207 Å². The highest BCUT2D eigenvalue weighted by Crippen LogP contribution is 2.37. The van der Waals surface area contributed by atoms with E-state index in [2.05, 4.69) is 15.0 Å². The molecule has 1 atom stereocenters. The molecule has 7 N–H and O–H groups in total. The summed E-state index contributed by atoms with van der Waals surface area (Å²) in [5.74, 6) is -0.693. The second kappa shape index (κ2) is 15.5. The molecule has 2 aliphatic rings. The highest BCUT2D eigenvalue weighted by Gasteiger charge is 2.27. The molecule has 8 bridgehead atoms. The zero-order valence-electron chi connectivity index (χ0n) is 32.6. The monoisotopic (exact) mass is 936 g/mol. The third kappa shape index (κ3) is 8.15. The van der Waals surface area contributed by atoms with E-state index >= 15 is 0 Å². The van der Waals surface area contributed by atoms with E-state index in [1.807, 2.05) is 6.07 Å². The molecule has 5 heterocycles. The minimum atomic E-state index is -4.54. The lowest BCUT2D eigenvalue weighted by Gasteiger charge is -2.17. The summed E-state index contributed by atoms with van der Waals surface area (Å²) in [5, 5.41) is 1.06. The van der Waals surface area contributed by atoms with E-state index in [9.17, 15) is 51.9 Å². The van der Waals surface area contributed by atoms with Gasteiger partial charge in [-0.15, -0.1) is 0 Å². The summed E-state index contributed by atoms with van der Waals surface area (Å²) in [5.41, 5.74) is 6.80. The number of nitrogens with zero attached hydrogens (tertiary/aromatic N) is 1. The molecule has 3 aromatic heterocycles. The molecule has 0 aliphatic carbocycles. The van der Waals surface area contributed by atoms with Gasteiger partial charge in [-0.3, -0.25) is 23.2 Å². The lowest BCUT2D eigenvalue weighted by atomic mass is 9.91. The predicted octanol–water partition coefficient (Wildman–Crippen LogP) is 5.07. The van der Waals surface area contributed by atoms with E-state index in [1.165, 1.54) is 84.9 Å². The summed E-state index contributed by atoms with van der Waals surface area (Å²) < 4.78 is 135. The predicted molar refractivity (Wildman–Crippen MR) is 234 cm³/mol. The summed E-state index contributed by atoms with van der Waals surface area (Å²) >= 11 is 0. The number of aromatic amines is 3. The number of allylic oxidation sites excluding steroid dienone is 2. The molecule has 64 heavy (non-hydrogen) atoms. The van der Waals surface area contributed by atoms with Crippen molar-refractivity contribution in [1.29, 1.82) is 0 Å². The van der Waals surface area contributed by atoms with Gasteiger partial charge in [0.2, 0.25) is 0 Å². The molecule has 7 aromatic rings. The SMILES string of the molecule is O=S(=O)(O)c1ccc(/C2=C3\C=CC(=N3)C(c3ccc(S(=O)(=O)O)cc3)c3ccc([nH]3)/C(c3ccc(S(=O)(=O)O)cc3)=c3/cc/c([nH]3)=C(\c3ccc(S(=O)(=O)O)cc3)c3ccc2[nH]3)cc1. The maximum absolute atomic E-state index is 12.0. The Balaban J connectivity index is 1.37. The van der Waals surface area contributed by atoms with E-state index in [-0.39, 0.29) is 19.6 Å². The molecule has 0 amide bonds. The molecule has 0 spiro atoms. The van der Waals surface area contributed by atoms with Crippen molar-refractivity contribution >= 4 is 62.9 Å². The summed E-state index contributed by atoms with van der Waals surface area (Å²) in [6, 6.07) is 33.1. The number of aliphatic imine (C=N–C) groups is 1. The highest BCUT2D eigenvalue weighted by atomic mass is 32.2. The molecule has 9 rings (SSSR count). The van der Waals surface area contributed by atoms with Crippen LogP contribution in [0.3, 0.4) is 0 Å². The standard InChI is InChI=1S/C44H32N4O12S4/c49-61(50,51)29-9-1-25(2-10-29)41-33-17-19-35(45-33)42(26-3-11-30(12-4-26)62(52,53)54)37-21-23-39(47-37)44(28-7-15-32(16-8-28)64(58,59)60)40-24-22-38(48-40)43(36-20-18-34(41)46-36)27-5-13-31(14-6-27)63(55,56)57/h1-24,41,45,47-48H,(H,49,50,51)(H,52,53,54)(H,55,56,57)(H,58,59,60)/b42-37-,43-36-,44-39-. The third-order valence-electron chi connectivity index (χ3n) is 10.8. The van der Waals surface area contributed by atoms with E-state index in [0.29, 0.717) is 83.9 Å². The number of nitrogens with one attached hydrogen (secondary N) is 3. The van der Waals surface area contributed by atoms with Crippen molar-refractivity contribution in [2.24, 2.45) is 4.99 Å². The van der Waals surface area contributed by atoms with Crippen LogP contribution in [0.2, 0.25) is 0 Å². The zero-order valence-corrected chi connectivity index (χ0v) is 35.8. The Morgan fingerprint density at radius 1 is 0.391 bits per heavy atom. The van der Waals surface area contributed by atoms with Crippen LogP contribution in [0.25, 0.3) is 16.7 Å². The average molecular weight is 937 g/mol. The van der Waals surface area contributed by atoms with Crippen molar-refractivity contribution in [1.82, 2.24) is 15.0 Å². The van der Waals surface area contributed by atoms with Crippen LogP contribution in [0.1, 0.15) is 50.9 Å². The Kier molecular flexibility index (Phi) is 10.3. The molecule has 1 unspecified atom stereocenters. The molecule has 0 radical (unpaired) electrons. The van der Waals surface area contributed by atoms with Crippen LogP contribution >= 0.6 is 0 Å². The van der Waals surface area contributed by atoms with Crippen molar-refractivity contribution in [3.8, 4) is 0 Å². The minimum Gasteiger partial charge on any atom is -0.357 e. The molecule has 4 aromatic carbocycles. The van der Waals surface area contributed by atoms with Gasteiger partial charge in [0.1, 0.15) is 0 Å². The van der Waals surface area contributed by atoms with Gasteiger partial charge >= 0.3 is 0 Å². The van der Waals surface area contributed by atoms with Gasteiger partial charge < -0.3 is 15.0 Å². The maximum Gasteiger partial charge on any atom is 0.294 e. The lowest BCUT2D eigenvalue weighted by molar-refractivity contribution is 0.481. The topological polar surface area (TPSA) is 277 Å². The first-order chi connectivity index (χ1) is 30.2. The Hall–Kier alpha value is -6.75. The molecule has 16 nitrogen and oxygen atoms in total. The van der Waals surface area contributed by atoms with Gasteiger partial charge in [-0.25, -0.2) is 0 Å². The second-order valence-corrected chi connectivity index (χ2v) is 20.4. The first kappa shape index (κ1) is 42.5. The van der Waals surface area contributed by atoms with Crippen molar-refractivity contribution in [2.45, 2.75) is 25.5 Å². The molecule has 0 saturated heterocycles. The summed E-state index contributed by atoms with van der Waals surface area (Å²) in [4.78, 5) is 14.2. The third-order valence-corrected chi connectivity index (χ3v) is 14.3. The van der Waals surface area contributed by atoms with Crippen LogP contribution in [0, 0.1) is 0 Å². The average Bonchev–Trinajstić information content (AvgIpc) is 4.08. The van der Waals surface area contributed by atoms with E-state index in [1.54, 1.807) is 54.6 Å². The normalized spacial score (nSPS) is 18.6. The van der Waals surface area contributed by atoms with Crippen LogP contribution in [-0.2, 0) is 40.5 Å². The van der Waals surface area contributed by atoms with Crippen LogP contribution in [0.15, 0.2) is 176 Å².